The summed E-state index contributed by atoms with van der Waals surface area (Å²) < 4.78 is 15.2. The van der Waals surface area contributed by atoms with Gasteiger partial charge in [0.05, 0.1) is 19.8 Å². The summed E-state index contributed by atoms with van der Waals surface area (Å²) in [5.74, 6) is -0.0835. The van der Waals surface area contributed by atoms with Gasteiger partial charge in [-0.1, -0.05) is 12.2 Å². The Kier molecular flexibility index (Phi) is 6.49. The molecule has 0 aromatic heterocycles. The van der Waals surface area contributed by atoms with Crippen molar-refractivity contribution in [2.24, 2.45) is 0 Å². The van der Waals surface area contributed by atoms with Crippen LogP contribution in [0.2, 0.25) is 0 Å². The van der Waals surface area contributed by atoms with E-state index >= 15 is 0 Å². The van der Waals surface area contributed by atoms with E-state index in [2.05, 4.69) is 5.32 Å². The van der Waals surface area contributed by atoms with Gasteiger partial charge in [0.15, 0.2) is 0 Å². The van der Waals surface area contributed by atoms with Gasteiger partial charge in [-0.3, -0.25) is 0 Å². The molecule has 0 radical (unpaired) electrons. The summed E-state index contributed by atoms with van der Waals surface area (Å²) in [4.78, 5) is 24.6. The van der Waals surface area contributed by atoms with E-state index in [1.54, 1.807) is 6.92 Å². The molecule has 1 aliphatic heterocycles. The first-order chi connectivity index (χ1) is 11.9. The lowest BCUT2D eigenvalue weighted by atomic mass is 10.0. The number of carbonyl (C=O) groups is 2. The molecule has 1 atom stereocenters. The summed E-state index contributed by atoms with van der Waals surface area (Å²) in [6.45, 7) is 1.54. The van der Waals surface area contributed by atoms with Crippen LogP contribution in [0.15, 0.2) is 6.07 Å². The van der Waals surface area contributed by atoms with E-state index in [4.69, 9.17) is 26.4 Å². The maximum absolute atomic E-state index is 12.5. The second kappa shape index (κ2) is 8.39. The number of phenols is 1. The van der Waals surface area contributed by atoms with Gasteiger partial charge >= 0.3 is 11.9 Å². The number of nitrogens with one attached hydrogen (secondary N) is 1. The van der Waals surface area contributed by atoms with Crippen LogP contribution in [0, 0.1) is 6.92 Å². The number of hydrogen-bond donors (Lipinski definition) is 2. The third kappa shape index (κ3) is 4.35. The topological polar surface area (TPSA) is 94.1 Å². The lowest BCUT2D eigenvalue weighted by Gasteiger charge is -2.17. The molecule has 0 amide bonds. The zero-order valence-electron chi connectivity index (χ0n) is 14.1. The first-order valence-corrected chi connectivity index (χ1v) is 8.96. The van der Waals surface area contributed by atoms with Gasteiger partial charge in [-0.15, -0.1) is 0 Å². The zero-order valence-corrected chi connectivity index (χ0v) is 15.7. The number of carbonyl (C=O) groups excluding carboxylic acids is 2. The van der Waals surface area contributed by atoms with Gasteiger partial charge in [0, 0.05) is 28.7 Å². The van der Waals surface area contributed by atoms with Crippen LogP contribution in [0.4, 0.5) is 0 Å². The molecule has 0 bridgehead atoms. The number of thioether (sulfide) groups is 1. The normalized spacial score (nSPS) is 18.3. The quantitative estimate of drug-likeness (QED) is 0.581. The summed E-state index contributed by atoms with van der Waals surface area (Å²) >= 11 is 6.49. The Morgan fingerprint density at radius 1 is 1.48 bits per heavy atom. The SMILES string of the molecule is COC(=O)[C@@H]1CSCc2c(O)cc(OC)c(C)c2C(=O)OCC(=S)N1. The van der Waals surface area contributed by atoms with E-state index in [-0.39, 0.29) is 22.9 Å². The van der Waals surface area contributed by atoms with Gasteiger partial charge < -0.3 is 24.6 Å². The predicted octanol–water partition coefficient (Wildman–Crippen LogP) is 1.57. The van der Waals surface area contributed by atoms with Crippen molar-refractivity contribution in [2.45, 2.75) is 18.7 Å². The Morgan fingerprint density at radius 2 is 2.20 bits per heavy atom. The van der Waals surface area contributed by atoms with E-state index in [1.807, 2.05) is 0 Å². The van der Waals surface area contributed by atoms with Crippen molar-refractivity contribution in [1.82, 2.24) is 5.32 Å². The number of hydrogen-bond acceptors (Lipinski definition) is 8. The highest BCUT2D eigenvalue weighted by Gasteiger charge is 2.26. The molecule has 0 saturated carbocycles. The van der Waals surface area contributed by atoms with E-state index in [9.17, 15) is 14.7 Å². The zero-order chi connectivity index (χ0) is 18.6. The molecule has 25 heavy (non-hydrogen) atoms. The van der Waals surface area contributed by atoms with Gasteiger partial charge in [-0.2, -0.15) is 11.8 Å². The molecule has 1 aliphatic rings. The molecule has 7 nitrogen and oxygen atoms in total. The second-order valence-electron chi connectivity index (χ2n) is 5.31. The molecule has 1 aromatic carbocycles. The number of benzene rings is 1. The molecule has 1 heterocycles. The maximum Gasteiger partial charge on any atom is 0.339 e. The van der Waals surface area contributed by atoms with Crippen LogP contribution < -0.4 is 10.1 Å². The molecule has 136 valence electrons. The molecule has 0 saturated heterocycles. The van der Waals surface area contributed by atoms with Gasteiger partial charge in [0.25, 0.3) is 0 Å². The number of fused-ring (bicyclic) bond motifs is 1. The Balaban J connectivity index is 2.42. The van der Waals surface area contributed by atoms with Crippen molar-refractivity contribution < 1.29 is 28.9 Å². The van der Waals surface area contributed by atoms with Crippen molar-refractivity contribution >= 4 is 40.9 Å². The van der Waals surface area contributed by atoms with Crippen LogP contribution in [0.3, 0.4) is 0 Å². The number of ether oxygens (including phenoxy) is 3. The number of methoxy groups -OCH3 is 2. The smallest absolute Gasteiger partial charge is 0.339 e. The Bertz CT molecular complexity index is 706. The van der Waals surface area contributed by atoms with E-state index < -0.39 is 18.0 Å². The van der Waals surface area contributed by atoms with Gasteiger partial charge in [0.2, 0.25) is 0 Å². The minimum absolute atomic E-state index is 0.0636. The lowest BCUT2D eigenvalue weighted by Crippen LogP contribution is -2.44. The summed E-state index contributed by atoms with van der Waals surface area (Å²) in [6.07, 6.45) is 0. The van der Waals surface area contributed by atoms with Crippen molar-refractivity contribution in [3.05, 3.63) is 22.8 Å². The molecule has 2 rings (SSSR count). The van der Waals surface area contributed by atoms with Crippen LogP contribution in [0.5, 0.6) is 11.5 Å². The van der Waals surface area contributed by atoms with E-state index in [1.165, 1.54) is 32.0 Å². The number of phenolic OH excluding ortho intramolecular Hbond substituents is 1. The Morgan fingerprint density at radius 3 is 2.84 bits per heavy atom. The summed E-state index contributed by atoms with van der Waals surface area (Å²) in [6, 6.07) is 0.798. The summed E-state index contributed by atoms with van der Waals surface area (Å²) in [5.41, 5.74) is 1.26. The minimum Gasteiger partial charge on any atom is -0.507 e. The lowest BCUT2D eigenvalue weighted by molar-refractivity contribution is -0.142. The van der Waals surface area contributed by atoms with Crippen LogP contribution in [-0.2, 0) is 20.0 Å². The molecular formula is C16H19NO6S2. The minimum atomic E-state index is -0.663. The third-order valence-corrected chi connectivity index (χ3v) is 5.03. The van der Waals surface area contributed by atoms with Crippen molar-refractivity contribution in [2.75, 3.05) is 26.6 Å². The second-order valence-corrected chi connectivity index (χ2v) is 6.83. The molecule has 0 spiro atoms. The molecule has 1 aromatic rings. The maximum atomic E-state index is 12.5. The van der Waals surface area contributed by atoms with E-state index in [0.717, 1.165) is 0 Å². The molecule has 0 fully saturated rings. The average molecular weight is 385 g/mol. The van der Waals surface area contributed by atoms with Crippen LogP contribution in [-0.4, -0.2) is 54.7 Å². The number of aromatic hydroxyl groups is 1. The first-order valence-electron chi connectivity index (χ1n) is 7.40. The van der Waals surface area contributed by atoms with Crippen LogP contribution in [0.25, 0.3) is 0 Å². The number of rotatable bonds is 2. The van der Waals surface area contributed by atoms with Crippen molar-refractivity contribution in [3.8, 4) is 11.5 Å². The predicted molar refractivity (Wildman–Crippen MR) is 97.4 cm³/mol. The average Bonchev–Trinajstić information content (AvgIpc) is 2.62. The summed E-state index contributed by atoms with van der Waals surface area (Å²) in [7, 11) is 2.75. The Hall–Kier alpha value is -2.00. The van der Waals surface area contributed by atoms with Crippen molar-refractivity contribution in [3.63, 3.8) is 0 Å². The molecular weight excluding hydrogens is 366 g/mol. The fraction of sp³-hybridized carbons (Fsp3) is 0.438. The largest absolute Gasteiger partial charge is 0.507 e. The van der Waals surface area contributed by atoms with Crippen molar-refractivity contribution in [1.29, 1.82) is 0 Å². The first kappa shape index (κ1) is 19.3. The summed E-state index contributed by atoms with van der Waals surface area (Å²) in [5, 5.41) is 13.1. The highest BCUT2D eigenvalue weighted by Crippen LogP contribution is 2.35. The monoisotopic (exact) mass is 385 g/mol. The Labute approximate surface area is 155 Å². The number of thiocarbonyl (C=S) groups is 1. The third-order valence-electron chi connectivity index (χ3n) is 3.73. The molecule has 0 aliphatic carbocycles. The fourth-order valence-corrected chi connectivity index (χ4v) is 3.73. The van der Waals surface area contributed by atoms with Gasteiger partial charge in [0.1, 0.15) is 29.1 Å². The molecule has 2 N–H and O–H groups in total. The van der Waals surface area contributed by atoms with Gasteiger partial charge in [-0.25, -0.2) is 9.59 Å². The van der Waals surface area contributed by atoms with Crippen LogP contribution in [0.1, 0.15) is 21.5 Å². The number of cyclic esters (lactones) is 1. The highest BCUT2D eigenvalue weighted by atomic mass is 32.2. The van der Waals surface area contributed by atoms with Gasteiger partial charge in [-0.05, 0) is 6.92 Å². The fourth-order valence-electron chi connectivity index (χ4n) is 2.46. The molecule has 9 heteroatoms. The highest BCUT2D eigenvalue weighted by molar-refractivity contribution is 7.98. The van der Waals surface area contributed by atoms with E-state index in [0.29, 0.717) is 28.4 Å². The van der Waals surface area contributed by atoms with Crippen LogP contribution >= 0.6 is 24.0 Å². The molecule has 0 unspecified atom stereocenters. The standard InChI is InChI=1S/C16H19NO6S2/c1-8-12(21-2)4-11(18)9-6-25-7-10(15(19)22-3)17-13(24)5-23-16(20)14(8)9/h4,10,18H,5-7H2,1-3H3,(H,17,24)/t10-/m0/s1. The number of esters is 2.